The Hall–Kier alpha value is -2.28. The van der Waals surface area contributed by atoms with Crippen LogP contribution in [-0.2, 0) is 22.6 Å². The molecule has 2 aliphatic heterocycles. The quantitative estimate of drug-likeness (QED) is 0.738. The summed E-state index contributed by atoms with van der Waals surface area (Å²) in [5, 5.41) is 3.52. The Labute approximate surface area is 179 Å². The number of fused-ring (bicyclic) bond motifs is 1. The molecule has 1 unspecified atom stereocenters. The van der Waals surface area contributed by atoms with Gasteiger partial charge in [0.1, 0.15) is 0 Å². The molecule has 7 heteroatoms. The Morgan fingerprint density at radius 2 is 1.67 bits per heavy atom. The molecule has 1 aromatic rings. The van der Waals surface area contributed by atoms with Gasteiger partial charge < -0.3 is 24.6 Å². The molecule has 1 N–H and O–H groups in total. The van der Waals surface area contributed by atoms with Gasteiger partial charge in [-0.2, -0.15) is 0 Å². The number of rotatable bonds is 7. The average molecular weight is 418 g/mol. The van der Waals surface area contributed by atoms with Crippen molar-refractivity contribution in [2.75, 3.05) is 33.9 Å². The first-order chi connectivity index (χ1) is 14.4. The molecular formula is C23H35N3O4. The second-order valence-corrected chi connectivity index (χ2v) is 8.54. The maximum Gasteiger partial charge on any atom is 0.223 e. The van der Waals surface area contributed by atoms with Gasteiger partial charge in [0.2, 0.25) is 11.8 Å². The van der Waals surface area contributed by atoms with Crippen LogP contribution < -0.4 is 14.8 Å². The predicted octanol–water partition coefficient (Wildman–Crippen LogP) is 2.36. The number of benzene rings is 1. The largest absolute Gasteiger partial charge is 0.493 e. The van der Waals surface area contributed by atoms with Gasteiger partial charge in [0, 0.05) is 51.1 Å². The number of carbonyl (C=O) groups excluding carboxylic acids is 2. The number of nitrogens with zero attached hydrogens (tertiary/aromatic N) is 2. The number of methoxy groups -OCH3 is 2. The lowest BCUT2D eigenvalue weighted by molar-refractivity contribution is -0.138. The van der Waals surface area contributed by atoms with Gasteiger partial charge in [-0.25, -0.2) is 0 Å². The molecule has 2 aliphatic rings. The molecule has 0 spiro atoms. The Morgan fingerprint density at radius 1 is 1.03 bits per heavy atom. The second-order valence-electron chi connectivity index (χ2n) is 8.54. The van der Waals surface area contributed by atoms with Crippen molar-refractivity contribution in [2.24, 2.45) is 0 Å². The highest BCUT2D eigenvalue weighted by molar-refractivity contribution is 5.84. The van der Waals surface area contributed by atoms with E-state index in [0.717, 1.165) is 37.9 Å². The highest BCUT2D eigenvalue weighted by Gasteiger charge is 2.26. The van der Waals surface area contributed by atoms with Crippen LogP contribution in [0.1, 0.15) is 50.7 Å². The molecule has 166 valence electrons. The Morgan fingerprint density at radius 3 is 2.30 bits per heavy atom. The van der Waals surface area contributed by atoms with Crippen molar-refractivity contribution in [3.05, 3.63) is 23.3 Å². The third kappa shape index (κ3) is 5.45. The molecule has 3 rings (SSSR count). The smallest absolute Gasteiger partial charge is 0.223 e. The van der Waals surface area contributed by atoms with E-state index in [1.165, 1.54) is 5.56 Å². The van der Waals surface area contributed by atoms with Crippen LogP contribution in [0.25, 0.3) is 0 Å². The fourth-order valence-corrected chi connectivity index (χ4v) is 4.44. The first-order valence-corrected chi connectivity index (χ1v) is 11.0. The molecule has 0 aromatic heterocycles. The SMILES string of the molecule is COc1cc2c(cc1OC)CN(C(=O)CCC(=O)N1CCCC(NC(C)C)C1)CC2. The molecule has 1 aromatic carbocycles. The van der Waals surface area contributed by atoms with Crippen molar-refractivity contribution in [1.82, 2.24) is 15.1 Å². The van der Waals surface area contributed by atoms with Crippen LogP contribution in [0.15, 0.2) is 12.1 Å². The molecule has 1 fully saturated rings. The van der Waals surface area contributed by atoms with E-state index in [0.29, 0.717) is 36.7 Å². The van der Waals surface area contributed by atoms with Gasteiger partial charge >= 0.3 is 0 Å². The predicted molar refractivity (Wildman–Crippen MR) is 116 cm³/mol. The summed E-state index contributed by atoms with van der Waals surface area (Å²) in [6.45, 7) is 7.00. The van der Waals surface area contributed by atoms with Gasteiger partial charge in [-0.3, -0.25) is 9.59 Å². The number of piperidine rings is 1. The zero-order valence-corrected chi connectivity index (χ0v) is 18.7. The van der Waals surface area contributed by atoms with Crippen molar-refractivity contribution in [3.63, 3.8) is 0 Å². The summed E-state index contributed by atoms with van der Waals surface area (Å²) in [4.78, 5) is 29.2. The van der Waals surface area contributed by atoms with Gasteiger partial charge in [0.25, 0.3) is 0 Å². The molecule has 1 saturated heterocycles. The van der Waals surface area contributed by atoms with E-state index in [1.54, 1.807) is 14.2 Å². The molecule has 2 heterocycles. The van der Waals surface area contributed by atoms with Crippen LogP contribution in [0, 0.1) is 0 Å². The molecule has 7 nitrogen and oxygen atoms in total. The molecule has 30 heavy (non-hydrogen) atoms. The summed E-state index contributed by atoms with van der Waals surface area (Å²) < 4.78 is 10.8. The van der Waals surface area contributed by atoms with Crippen LogP contribution >= 0.6 is 0 Å². The minimum absolute atomic E-state index is 0.0395. The molecule has 0 bridgehead atoms. The lowest BCUT2D eigenvalue weighted by Gasteiger charge is -2.34. The van der Waals surface area contributed by atoms with E-state index in [9.17, 15) is 9.59 Å². The maximum atomic E-state index is 12.8. The maximum absolute atomic E-state index is 12.8. The molecule has 1 atom stereocenters. The third-order valence-corrected chi connectivity index (χ3v) is 5.97. The fraction of sp³-hybridized carbons (Fsp3) is 0.652. The van der Waals surface area contributed by atoms with E-state index in [4.69, 9.17) is 9.47 Å². The van der Waals surface area contributed by atoms with E-state index in [1.807, 2.05) is 21.9 Å². The summed E-state index contributed by atoms with van der Waals surface area (Å²) in [5.74, 6) is 1.52. The third-order valence-electron chi connectivity index (χ3n) is 5.97. The van der Waals surface area contributed by atoms with E-state index >= 15 is 0 Å². The Kier molecular flexibility index (Phi) is 7.58. The monoisotopic (exact) mass is 417 g/mol. The lowest BCUT2D eigenvalue weighted by Crippen LogP contribution is -2.49. The number of carbonyl (C=O) groups is 2. The normalized spacial score (nSPS) is 18.9. The zero-order chi connectivity index (χ0) is 21.7. The van der Waals surface area contributed by atoms with Crippen LogP contribution in [-0.4, -0.2) is 67.6 Å². The summed E-state index contributed by atoms with van der Waals surface area (Å²) in [6, 6.07) is 4.71. The molecule has 0 radical (unpaired) electrons. The number of ether oxygens (including phenoxy) is 2. The first-order valence-electron chi connectivity index (χ1n) is 11.0. The number of amides is 2. The van der Waals surface area contributed by atoms with Crippen molar-refractivity contribution in [3.8, 4) is 11.5 Å². The topological polar surface area (TPSA) is 71.1 Å². The van der Waals surface area contributed by atoms with Crippen LogP contribution in [0.3, 0.4) is 0 Å². The Balaban J connectivity index is 1.52. The lowest BCUT2D eigenvalue weighted by atomic mass is 9.98. The van der Waals surface area contributed by atoms with E-state index < -0.39 is 0 Å². The Bertz CT molecular complexity index is 765. The standard InChI is InChI=1S/C23H35N3O4/c1-16(2)24-19-6-5-10-25(15-19)22(27)7-8-23(28)26-11-9-17-12-20(29-3)21(30-4)13-18(17)14-26/h12-13,16,19,24H,5-11,14-15H2,1-4H3. The highest BCUT2D eigenvalue weighted by Crippen LogP contribution is 2.33. The summed E-state index contributed by atoms with van der Waals surface area (Å²) in [7, 11) is 3.24. The van der Waals surface area contributed by atoms with Gasteiger partial charge in [0.05, 0.1) is 14.2 Å². The summed E-state index contributed by atoms with van der Waals surface area (Å²) >= 11 is 0. The summed E-state index contributed by atoms with van der Waals surface area (Å²) in [5.41, 5.74) is 2.27. The van der Waals surface area contributed by atoms with Crippen LogP contribution in [0.2, 0.25) is 0 Å². The van der Waals surface area contributed by atoms with E-state index in [2.05, 4.69) is 19.2 Å². The van der Waals surface area contributed by atoms with Crippen LogP contribution in [0.4, 0.5) is 0 Å². The number of nitrogens with one attached hydrogen (secondary N) is 1. The van der Waals surface area contributed by atoms with Gasteiger partial charge in [-0.05, 0) is 42.5 Å². The minimum atomic E-state index is 0.0395. The zero-order valence-electron chi connectivity index (χ0n) is 18.7. The molecule has 0 aliphatic carbocycles. The minimum Gasteiger partial charge on any atom is -0.493 e. The van der Waals surface area contributed by atoms with Gasteiger partial charge in [-0.15, -0.1) is 0 Å². The number of likely N-dealkylation sites (tertiary alicyclic amines) is 1. The van der Waals surface area contributed by atoms with Crippen molar-refractivity contribution in [2.45, 2.75) is 64.6 Å². The van der Waals surface area contributed by atoms with Crippen molar-refractivity contribution >= 4 is 11.8 Å². The second kappa shape index (κ2) is 10.2. The van der Waals surface area contributed by atoms with Gasteiger partial charge in [0.15, 0.2) is 11.5 Å². The van der Waals surface area contributed by atoms with Gasteiger partial charge in [-0.1, -0.05) is 13.8 Å². The first kappa shape index (κ1) is 22.4. The number of hydrogen-bond donors (Lipinski definition) is 1. The molecular weight excluding hydrogens is 382 g/mol. The molecule has 0 saturated carbocycles. The van der Waals surface area contributed by atoms with Crippen molar-refractivity contribution in [1.29, 1.82) is 0 Å². The van der Waals surface area contributed by atoms with Crippen LogP contribution in [0.5, 0.6) is 11.5 Å². The number of hydrogen-bond acceptors (Lipinski definition) is 5. The van der Waals surface area contributed by atoms with E-state index in [-0.39, 0.29) is 24.7 Å². The summed E-state index contributed by atoms with van der Waals surface area (Å²) in [6.07, 6.45) is 3.44. The molecule has 2 amide bonds. The average Bonchev–Trinajstić information content (AvgIpc) is 2.75. The highest BCUT2D eigenvalue weighted by atomic mass is 16.5. The fourth-order valence-electron chi connectivity index (χ4n) is 4.44. The van der Waals surface area contributed by atoms with Crippen molar-refractivity contribution < 1.29 is 19.1 Å².